The van der Waals surface area contributed by atoms with Gasteiger partial charge in [-0.15, -0.1) is 0 Å². The van der Waals surface area contributed by atoms with Crippen molar-refractivity contribution in [2.75, 3.05) is 0 Å². The maximum atomic E-state index is 11.3. The highest BCUT2D eigenvalue weighted by atomic mass is 16.1. The summed E-state index contributed by atoms with van der Waals surface area (Å²) in [5.74, 6) is 2.61. The van der Waals surface area contributed by atoms with Crippen LogP contribution in [0.1, 0.15) is 130 Å². The minimum atomic E-state index is 0.186. The SMILES string of the molecule is CCCCC1CCCCC1C.CCCCCCCC(=O)CCCC(C)=O. The van der Waals surface area contributed by atoms with Gasteiger partial charge in [0, 0.05) is 19.3 Å². The van der Waals surface area contributed by atoms with Gasteiger partial charge in [0.25, 0.3) is 0 Å². The normalized spacial score (nSPS) is 19.5. The molecule has 1 saturated carbocycles. The summed E-state index contributed by atoms with van der Waals surface area (Å²) in [5.41, 5.74) is 0. The molecule has 1 fully saturated rings. The monoisotopic (exact) mass is 366 g/mol. The fourth-order valence-electron chi connectivity index (χ4n) is 3.87. The second-order valence-corrected chi connectivity index (χ2v) is 8.42. The lowest BCUT2D eigenvalue weighted by Gasteiger charge is -2.28. The van der Waals surface area contributed by atoms with Crippen molar-refractivity contribution in [1.29, 1.82) is 0 Å². The molecule has 0 bridgehead atoms. The zero-order valence-electron chi connectivity index (χ0n) is 18.3. The van der Waals surface area contributed by atoms with E-state index >= 15 is 0 Å². The Labute approximate surface area is 163 Å². The number of ketones is 2. The van der Waals surface area contributed by atoms with Gasteiger partial charge in [0.2, 0.25) is 0 Å². The second-order valence-electron chi connectivity index (χ2n) is 8.42. The molecule has 0 amide bonds. The molecule has 2 unspecified atom stereocenters. The van der Waals surface area contributed by atoms with Crippen molar-refractivity contribution in [2.24, 2.45) is 11.8 Å². The smallest absolute Gasteiger partial charge is 0.132 e. The van der Waals surface area contributed by atoms with E-state index in [4.69, 9.17) is 0 Å². The third-order valence-electron chi connectivity index (χ3n) is 5.76. The summed E-state index contributed by atoms with van der Waals surface area (Å²) in [6.07, 6.45) is 18.9. The molecule has 1 rings (SSSR count). The Balaban J connectivity index is 0.000000502. The molecule has 0 aromatic heterocycles. The van der Waals surface area contributed by atoms with E-state index < -0.39 is 0 Å². The van der Waals surface area contributed by atoms with Crippen LogP contribution in [0.4, 0.5) is 0 Å². The predicted octanol–water partition coefficient (Wildman–Crippen LogP) is 7.68. The first-order valence-electron chi connectivity index (χ1n) is 11.5. The van der Waals surface area contributed by atoms with Crippen molar-refractivity contribution >= 4 is 11.6 Å². The van der Waals surface area contributed by atoms with Gasteiger partial charge in [0.1, 0.15) is 11.6 Å². The molecule has 0 aliphatic heterocycles. The van der Waals surface area contributed by atoms with Gasteiger partial charge in [-0.05, 0) is 31.6 Å². The van der Waals surface area contributed by atoms with Gasteiger partial charge in [-0.3, -0.25) is 4.79 Å². The Kier molecular flexibility index (Phi) is 17.3. The third kappa shape index (κ3) is 15.6. The molecule has 0 N–H and O–H groups in total. The van der Waals surface area contributed by atoms with Crippen LogP contribution in [-0.4, -0.2) is 11.6 Å². The van der Waals surface area contributed by atoms with Crippen molar-refractivity contribution in [3.05, 3.63) is 0 Å². The third-order valence-corrected chi connectivity index (χ3v) is 5.76. The predicted molar refractivity (Wildman–Crippen MR) is 114 cm³/mol. The molecule has 0 heterocycles. The van der Waals surface area contributed by atoms with Gasteiger partial charge in [-0.1, -0.05) is 91.4 Å². The van der Waals surface area contributed by atoms with E-state index in [2.05, 4.69) is 20.8 Å². The van der Waals surface area contributed by atoms with Gasteiger partial charge in [-0.2, -0.15) is 0 Å². The first-order valence-corrected chi connectivity index (χ1v) is 11.5. The molecule has 1 aliphatic rings. The Morgan fingerprint density at radius 2 is 1.38 bits per heavy atom. The molecule has 2 heteroatoms. The van der Waals surface area contributed by atoms with E-state index in [-0.39, 0.29) is 5.78 Å². The van der Waals surface area contributed by atoms with E-state index in [9.17, 15) is 9.59 Å². The number of unbranched alkanes of at least 4 members (excludes halogenated alkanes) is 5. The zero-order valence-corrected chi connectivity index (χ0v) is 18.3. The van der Waals surface area contributed by atoms with E-state index in [0.29, 0.717) is 25.0 Å². The Morgan fingerprint density at radius 3 is 2.00 bits per heavy atom. The van der Waals surface area contributed by atoms with Crippen molar-refractivity contribution in [1.82, 2.24) is 0 Å². The number of hydrogen-bond acceptors (Lipinski definition) is 2. The average molecular weight is 367 g/mol. The van der Waals surface area contributed by atoms with Crippen LogP contribution in [0.2, 0.25) is 0 Å². The summed E-state index contributed by atoms with van der Waals surface area (Å²) >= 11 is 0. The van der Waals surface area contributed by atoms with E-state index in [0.717, 1.165) is 24.7 Å². The summed E-state index contributed by atoms with van der Waals surface area (Å²) in [7, 11) is 0. The van der Waals surface area contributed by atoms with Crippen molar-refractivity contribution in [2.45, 2.75) is 130 Å². The van der Waals surface area contributed by atoms with Crippen LogP contribution in [0.3, 0.4) is 0 Å². The lowest BCUT2D eigenvalue weighted by Crippen LogP contribution is -2.16. The molecule has 0 radical (unpaired) electrons. The van der Waals surface area contributed by atoms with Crippen molar-refractivity contribution in [3.63, 3.8) is 0 Å². The first-order chi connectivity index (χ1) is 12.5. The molecule has 1 aliphatic carbocycles. The number of hydrogen-bond donors (Lipinski definition) is 0. The van der Waals surface area contributed by atoms with Crippen LogP contribution in [0.5, 0.6) is 0 Å². The van der Waals surface area contributed by atoms with Gasteiger partial charge >= 0.3 is 0 Å². The molecule has 26 heavy (non-hydrogen) atoms. The first kappa shape index (κ1) is 25.3. The van der Waals surface area contributed by atoms with Crippen molar-refractivity contribution in [3.8, 4) is 0 Å². The number of carbonyl (C=O) groups excluding carboxylic acids is 2. The molecule has 154 valence electrons. The summed E-state index contributed by atoms with van der Waals surface area (Å²) in [4.78, 5) is 22.0. The quantitative estimate of drug-likeness (QED) is 0.313. The number of carbonyl (C=O) groups is 2. The molecule has 0 aromatic rings. The lowest BCUT2D eigenvalue weighted by molar-refractivity contribution is -0.119. The zero-order chi connectivity index (χ0) is 19.6. The molecule has 0 saturated heterocycles. The highest BCUT2D eigenvalue weighted by Crippen LogP contribution is 2.32. The highest BCUT2D eigenvalue weighted by Gasteiger charge is 2.19. The topological polar surface area (TPSA) is 34.1 Å². The molecular formula is C24H46O2. The van der Waals surface area contributed by atoms with Gasteiger partial charge < -0.3 is 4.79 Å². The van der Waals surface area contributed by atoms with Crippen LogP contribution in [0.25, 0.3) is 0 Å². The van der Waals surface area contributed by atoms with Crippen LogP contribution >= 0.6 is 0 Å². The van der Waals surface area contributed by atoms with Gasteiger partial charge in [0.15, 0.2) is 0 Å². The fraction of sp³-hybridized carbons (Fsp3) is 0.917. The minimum absolute atomic E-state index is 0.186. The van der Waals surface area contributed by atoms with E-state index in [1.54, 1.807) is 6.92 Å². The Bertz CT molecular complexity index is 348. The minimum Gasteiger partial charge on any atom is -0.300 e. The summed E-state index contributed by atoms with van der Waals surface area (Å²) in [6.45, 7) is 8.51. The van der Waals surface area contributed by atoms with Gasteiger partial charge in [0.05, 0.1) is 0 Å². The van der Waals surface area contributed by atoms with Gasteiger partial charge in [-0.25, -0.2) is 0 Å². The summed E-state index contributed by atoms with van der Waals surface area (Å²) < 4.78 is 0. The Morgan fingerprint density at radius 1 is 0.769 bits per heavy atom. The fourth-order valence-corrected chi connectivity index (χ4v) is 3.87. The van der Waals surface area contributed by atoms with Crippen LogP contribution in [-0.2, 0) is 9.59 Å². The summed E-state index contributed by atoms with van der Waals surface area (Å²) in [6, 6.07) is 0. The van der Waals surface area contributed by atoms with E-state index in [1.807, 2.05) is 0 Å². The standard InChI is InChI=1S/C13H24O2.C11H22/c1-3-4-5-6-7-10-13(15)11-8-9-12(2)14;1-3-4-8-11-9-6-5-7-10(11)2/h3-11H2,1-2H3;10-11H,3-9H2,1-2H3. The van der Waals surface area contributed by atoms with Crippen LogP contribution in [0.15, 0.2) is 0 Å². The van der Waals surface area contributed by atoms with Crippen molar-refractivity contribution < 1.29 is 9.59 Å². The molecule has 0 spiro atoms. The average Bonchev–Trinajstić information content (AvgIpc) is 2.61. The summed E-state index contributed by atoms with van der Waals surface area (Å²) in [5, 5.41) is 0. The number of rotatable bonds is 13. The maximum absolute atomic E-state index is 11.3. The molecule has 2 nitrogen and oxygen atoms in total. The Hall–Kier alpha value is -0.660. The molecule has 2 atom stereocenters. The van der Waals surface area contributed by atoms with E-state index in [1.165, 1.54) is 70.6 Å². The molecular weight excluding hydrogens is 320 g/mol. The lowest BCUT2D eigenvalue weighted by atomic mass is 9.78. The maximum Gasteiger partial charge on any atom is 0.132 e. The molecule has 0 aromatic carbocycles. The number of Topliss-reactive ketones (excluding diaryl/α,β-unsaturated/α-hetero) is 2. The largest absolute Gasteiger partial charge is 0.300 e. The van der Waals surface area contributed by atoms with Crippen LogP contribution in [0, 0.1) is 11.8 Å². The highest BCUT2D eigenvalue weighted by molar-refractivity contribution is 5.80. The second kappa shape index (κ2) is 17.7. The van der Waals surface area contributed by atoms with Crippen LogP contribution < -0.4 is 0 Å².